The van der Waals surface area contributed by atoms with Gasteiger partial charge in [0.2, 0.25) is 0 Å². The maximum Gasteiger partial charge on any atom is 0.0645 e. The molecule has 18 heavy (non-hydrogen) atoms. The molecule has 0 atom stereocenters. The number of benzene rings is 2. The molecule has 0 heterocycles. The smallest absolute Gasteiger partial charge is 0.0645 e. The Bertz CT molecular complexity index is 511. The fraction of sp³-hybridized carbons (Fsp3) is 0.200. The van der Waals surface area contributed by atoms with Crippen LogP contribution < -0.4 is 10.6 Å². The van der Waals surface area contributed by atoms with Crippen molar-refractivity contribution in [1.29, 1.82) is 0 Å². The second kappa shape index (κ2) is 5.89. The molecule has 0 aliphatic heterocycles. The highest BCUT2D eigenvalue weighted by Gasteiger charge is 2.08. The zero-order valence-electron chi connectivity index (χ0n) is 10.4. The summed E-state index contributed by atoms with van der Waals surface area (Å²) in [6.45, 7) is 0.643. The molecular weight excluding hydrogens is 244 g/mol. The number of para-hydroxylation sites is 1. The molecule has 94 valence electrons. The van der Waals surface area contributed by atoms with E-state index in [1.54, 1.807) is 0 Å². The van der Waals surface area contributed by atoms with Crippen LogP contribution >= 0.6 is 11.6 Å². The standard InChI is InChI=1S/C15H17ClN2/c1-18(13-5-3-2-4-6-13)15-8-7-12(9-10-17)11-14(15)16/h2-8,11H,9-10,17H2,1H3. The van der Waals surface area contributed by atoms with Crippen LogP contribution in [0.1, 0.15) is 5.56 Å². The highest BCUT2D eigenvalue weighted by Crippen LogP contribution is 2.31. The minimum absolute atomic E-state index is 0.643. The summed E-state index contributed by atoms with van der Waals surface area (Å²) in [6, 6.07) is 16.3. The Kier molecular flexibility index (Phi) is 4.24. The summed E-state index contributed by atoms with van der Waals surface area (Å²) in [5, 5.41) is 0.757. The average molecular weight is 261 g/mol. The lowest BCUT2D eigenvalue weighted by molar-refractivity contribution is 0.968. The number of hydrogen-bond donors (Lipinski definition) is 1. The summed E-state index contributed by atoms with van der Waals surface area (Å²) in [5.41, 5.74) is 8.84. The monoisotopic (exact) mass is 260 g/mol. The van der Waals surface area contributed by atoms with Crippen LogP contribution in [0.4, 0.5) is 11.4 Å². The maximum absolute atomic E-state index is 6.33. The molecule has 0 fully saturated rings. The van der Waals surface area contributed by atoms with Crippen LogP contribution in [0.15, 0.2) is 48.5 Å². The first-order valence-electron chi connectivity index (χ1n) is 5.99. The van der Waals surface area contributed by atoms with Crippen LogP contribution in [0.5, 0.6) is 0 Å². The largest absolute Gasteiger partial charge is 0.343 e. The van der Waals surface area contributed by atoms with E-state index in [0.717, 1.165) is 22.8 Å². The summed E-state index contributed by atoms with van der Waals surface area (Å²) in [7, 11) is 2.01. The van der Waals surface area contributed by atoms with Gasteiger partial charge in [0.15, 0.2) is 0 Å². The predicted octanol–water partition coefficient (Wildman–Crippen LogP) is 3.61. The number of halogens is 1. The second-order valence-electron chi connectivity index (χ2n) is 4.22. The van der Waals surface area contributed by atoms with E-state index in [0.29, 0.717) is 6.54 Å². The van der Waals surface area contributed by atoms with E-state index in [-0.39, 0.29) is 0 Å². The van der Waals surface area contributed by atoms with Crippen molar-refractivity contribution in [2.24, 2.45) is 5.73 Å². The SMILES string of the molecule is CN(c1ccccc1)c1ccc(CCN)cc1Cl. The van der Waals surface area contributed by atoms with Crippen molar-refractivity contribution >= 4 is 23.0 Å². The quantitative estimate of drug-likeness (QED) is 0.910. The summed E-state index contributed by atoms with van der Waals surface area (Å²) in [4.78, 5) is 2.08. The van der Waals surface area contributed by atoms with Crippen molar-refractivity contribution < 1.29 is 0 Å². The van der Waals surface area contributed by atoms with E-state index < -0.39 is 0 Å². The summed E-state index contributed by atoms with van der Waals surface area (Å²) in [5.74, 6) is 0. The zero-order chi connectivity index (χ0) is 13.0. The third-order valence-corrected chi connectivity index (χ3v) is 3.25. The van der Waals surface area contributed by atoms with Gasteiger partial charge in [0.05, 0.1) is 10.7 Å². The van der Waals surface area contributed by atoms with Crippen molar-refractivity contribution in [3.8, 4) is 0 Å². The van der Waals surface area contributed by atoms with Gasteiger partial charge < -0.3 is 10.6 Å². The molecule has 0 radical (unpaired) electrons. The fourth-order valence-corrected chi connectivity index (χ4v) is 2.27. The van der Waals surface area contributed by atoms with Crippen molar-refractivity contribution in [2.45, 2.75) is 6.42 Å². The summed E-state index contributed by atoms with van der Waals surface area (Å²) < 4.78 is 0. The molecule has 0 spiro atoms. The number of nitrogens with two attached hydrogens (primary N) is 1. The van der Waals surface area contributed by atoms with Gasteiger partial charge in [0, 0.05) is 12.7 Å². The zero-order valence-corrected chi connectivity index (χ0v) is 11.2. The first-order chi connectivity index (χ1) is 8.72. The molecule has 0 aromatic heterocycles. The van der Waals surface area contributed by atoms with Crippen LogP contribution in [0.2, 0.25) is 5.02 Å². The van der Waals surface area contributed by atoms with Gasteiger partial charge in [0.25, 0.3) is 0 Å². The third-order valence-electron chi connectivity index (χ3n) is 2.95. The summed E-state index contributed by atoms with van der Waals surface area (Å²) in [6.07, 6.45) is 0.856. The molecule has 0 bridgehead atoms. The number of anilines is 2. The lowest BCUT2D eigenvalue weighted by Gasteiger charge is -2.21. The molecule has 3 heteroatoms. The van der Waals surface area contributed by atoms with Crippen LogP contribution in [0, 0.1) is 0 Å². The van der Waals surface area contributed by atoms with Crippen LogP contribution in [-0.4, -0.2) is 13.6 Å². The average Bonchev–Trinajstić information content (AvgIpc) is 2.40. The van der Waals surface area contributed by atoms with E-state index in [1.807, 2.05) is 37.4 Å². The van der Waals surface area contributed by atoms with E-state index in [2.05, 4.69) is 23.1 Å². The van der Waals surface area contributed by atoms with Crippen LogP contribution in [-0.2, 0) is 6.42 Å². The van der Waals surface area contributed by atoms with Gasteiger partial charge in [-0.25, -0.2) is 0 Å². The van der Waals surface area contributed by atoms with E-state index in [9.17, 15) is 0 Å². The third kappa shape index (κ3) is 2.84. The normalized spacial score (nSPS) is 10.4. The number of hydrogen-bond acceptors (Lipinski definition) is 2. The molecule has 0 aliphatic carbocycles. The molecule has 2 rings (SSSR count). The Hall–Kier alpha value is -1.51. The minimum Gasteiger partial charge on any atom is -0.343 e. The molecule has 2 nitrogen and oxygen atoms in total. The van der Waals surface area contributed by atoms with E-state index in [1.165, 1.54) is 5.56 Å². The molecule has 2 aromatic rings. The van der Waals surface area contributed by atoms with Gasteiger partial charge in [0.1, 0.15) is 0 Å². The highest BCUT2D eigenvalue weighted by atomic mass is 35.5. The topological polar surface area (TPSA) is 29.3 Å². The molecule has 0 unspecified atom stereocenters. The Morgan fingerprint density at radius 2 is 1.83 bits per heavy atom. The molecule has 0 saturated carbocycles. The summed E-state index contributed by atoms with van der Waals surface area (Å²) >= 11 is 6.33. The minimum atomic E-state index is 0.643. The molecular formula is C15H17ClN2. The van der Waals surface area contributed by atoms with Gasteiger partial charge in [-0.3, -0.25) is 0 Å². The first-order valence-corrected chi connectivity index (χ1v) is 6.37. The Balaban J connectivity index is 2.28. The molecule has 0 aliphatic rings. The van der Waals surface area contributed by atoms with Gasteiger partial charge >= 0.3 is 0 Å². The predicted molar refractivity (Wildman–Crippen MR) is 78.7 cm³/mol. The first kappa shape index (κ1) is 12.9. The van der Waals surface area contributed by atoms with Gasteiger partial charge in [-0.05, 0) is 42.8 Å². The molecule has 0 saturated heterocycles. The van der Waals surface area contributed by atoms with Crippen molar-refractivity contribution in [2.75, 3.05) is 18.5 Å². The molecule has 2 N–H and O–H groups in total. The van der Waals surface area contributed by atoms with Crippen LogP contribution in [0.3, 0.4) is 0 Å². The maximum atomic E-state index is 6.33. The highest BCUT2D eigenvalue weighted by molar-refractivity contribution is 6.33. The van der Waals surface area contributed by atoms with Crippen molar-refractivity contribution in [3.05, 3.63) is 59.1 Å². The Morgan fingerprint density at radius 3 is 2.44 bits per heavy atom. The fourth-order valence-electron chi connectivity index (χ4n) is 1.94. The Labute approximate surface area is 113 Å². The van der Waals surface area contributed by atoms with E-state index >= 15 is 0 Å². The van der Waals surface area contributed by atoms with Gasteiger partial charge in [-0.15, -0.1) is 0 Å². The second-order valence-corrected chi connectivity index (χ2v) is 4.63. The van der Waals surface area contributed by atoms with Gasteiger partial charge in [-0.2, -0.15) is 0 Å². The lowest BCUT2D eigenvalue weighted by atomic mass is 10.1. The number of rotatable bonds is 4. The van der Waals surface area contributed by atoms with Gasteiger partial charge in [-0.1, -0.05) is 35.9 Å². The number of nitrogens with zero attached hydrogens (tertiary/aromatic N) is 1. The lowest BCUT2D eigenvalue weighted by Crippen LogP contribution is -2.10. The van der Waals surface area contributed by atoms with Crippen LogP contribution in [0.25, 0.3) is 0 Å². The van der Waals surface area contributed by atoms with E-state index in [4.69, 9.17) is 17.3 Å². The van der Waals surface area contributed by atoms with Crippen molar-refractivity contribution in [3.63, 3.8) is 0 Å². The molecule has 0 amide bonds. The molecule has 2 aromatic carbocycles. The Morgan fingerprint density at radius 1 is 1.11 bits per heavy atom. The van der Waals surface area contributed by atoms with Crippen molar-refractivity contribution in [1.82, 2.24) is 0 Å².